The third-order valence-electron chi connectivity index (χ3n) is 2.29. The zero-order chi connectivity index (χ0) is 11.9. The van der Waals surface area contributed by atoms with Gasteiger partial charge in [0.1, 0.15) is 5.52 Å². The molecule has 1 heterocycles. The molecule has 0 saturated heterocycles. The molecule has 16 heavy (non-hydrogen) atoms. The normalized spacial score (nSPS) is 10.6. The van der Waals surface area contributed by atoms with Crippen molar-refractivity contribution in [3.8, 4) is 0 Å². The van der Waals surface area contributed by atoms with E-state index in [1.807, 2.05) is 0 Å². The second-order valence-corrected chi connectivity index (χ2v) is 3.34. The van der Waals surface area contributed by atoms with Crippen molar-refractivity contribution in [2.75, 3.05) is 0 Å². The van der Waals surface area contributed by atoms with Gasteiger partial charge in [0.05, 0.1) is 22.3 Å². The minimum Gasteiger partial charge on any atom is -0.366 e. The Hall–Kier alpha value is -2.44. The van der Waals surface area contributed by atoms with E-state index in [1.54, 1.807) is 11.6 Å². The van der Waals surface area contributed by atoms with Crippen molar-refractivity contribution >= 4 is 22.6 Å². The fourth-order valence-electron chi connectivity index (χ4n) is 1.51. The van der Waals surface area contributed by atoms with Gasteiger partial charge in [-0.05, 0) is 0 Å². The maximum atomic E-state index is 11.1. The lowest BCUT2D eigenvalue weighted by Crippen LogP contribution is -2.12. The third kappa shape index (κ3) is 1.38. The van der Waals surface area contributed by atoms with E-state index in [4.69, 9.17) is 5.73 Å². The summed E-state index contributed by atoms with van der Waals surface area (Å²) >= 11 is 0. The molecule has 7 nitrogen and oxygen atoms in total. The van der Waals surface area contributed by atoms with Gasteiger partial charge in [-0.1, -0.05) is 0 Å². The summed E-state index contributed by atoms with van der Waals surface area (Å²) in [7, 11) is 1.68. The summed E-state index contributed by atoms with van der Waals surface area (Å²) < 4.78 is 1.59. The van der Waals surface area contributed by atoms with Gasteiger partial charge in [-0.15, -0.1) is 0 Å². The van der Waals surface area contributed by atoms with Crippen LogP contribution < -0.4 is 5.73 Å². The van der Waals surface area contributed by atoms with Gasteiger partial charge in [0.25, 0.3) is 11.6 Å². The average molecular weight is 220 g/mol. The number of fused-ring (bicyclic) bond motifs is 1. The van der Waals surface area contributed by atoms with E-state index >= 15 is 0 Å². The highest BCUT2D eigenvalue weighted by molar-refractivity contribution is 6.05. The van der Waals surface area contributed by atoms with Crippen molar-refractivity contribution in [2.45, 2.75) is 0 Å². The minimum absolute atomic E-state index is 0.0600. The quantitative estimate of drug-likeness (QED) is 0.590. The molecule has 0 atom stereocenters. The molecule has 2 rings (SSSR count). The van der Waals surface area contributed by atoms with E-state index < -0.39 is 10.8 Å². The van der Waals surface area contributed by atoms with Crippen LogP contribution in [0, 0.1) is 10.1 Å². The number of benzene rings is 1. The van der Waals surface area contributed by atoms with Crippen molar-refractivity contribution < 1.29 is 9.72 Å². The summed E-state index contributed by atoms with van der Waals surface area (Å²) in [6.45, 7) is 0. The van der Waals surface area contributed by atoms with Gasteiger partial charge in [0.2, 0.25) is 0 Å². The monoisotopic (exact) mass is 220 g/mol. The number of nitro groups is 1. The zero-order valence-corrected chi connectivity index (χ0v) is 8.38. The van der Waals surface area contributed by atoms with Crippen LogP contribution in [0.2, 0.25) is 0 Å². The molecule has 2 aromatic rings. The summed E-state index contributed by atoms with van der Waals surface area (Å²) in [5.41, 5.74) is 5.91. The number of carbonyl (C=O) groups excluding carboxylic acids is 1. The molecule has 82 valence electrons. The number of primary amides is 1. The Balaban J connectivity index is 2.86. The number of carbonyl (C=O) groups is 1. The predicted molar refractivity (Wildman–Crippen MR) is 55.9 cm³/mol. The molecular weight excluding hydrogens is 212 g/mol. The molecule has 1 aromatic heterocycles. The number of nitrogens with two attached hydrogens (primary N) is 1. The number of nitrogens with zero attached hydrogens (tertiary/aromatic N) is 3. The topological polar surface area (TPSA) is 104 Å². The second kappa shape index (κ2) is 3.30. The van der Waals surface area contributed by atoms with Gasteiger partial charge in [-0.2, -0.15) is 0 Å². The van der Waals surface area contributed by atoms with Crippen LogP contribution in [0.5, 0.6) is 0 Å². The van der Waals surface area contributed by atoms with Crippen LogP contribution in [0.1, 0.15) is 10.4 Å². The van der Waals surface area contributed by atoms with Crippen molar-refractivity contribution in [1.82, 2.24) is 9.55 Å². The van der Waals surface area contributed by atoms with Crippen molar-refractivity contribution in [3.63, 3.8) is 0 Å². The average Bonchev–Trinajstić information content (AvgIpc) is 2.59. The van der Waals surface area contributed by atoms with Crippen LogP contribution in [-0.4, -0.2) is 20.4 Å². The van der Waals surface area contributed by atoms with Crippen LogP contribution in [-0.2, 0) is 7.05 Å². The standard InChI is InChI=1S/C9H8N4O3/c1-12-4-11-8-6(9(10)14)2-5(13(15)16)3-7(8)12/h2-4H,1H3,(H2,10,14). The third-order valence-corrected chi connectivity index (χ3v) is 2.29. The number of amides is 1. The van der Waals surface area contributed by atoms with Crippen LogP contribution in [0.4, 0.5) is 5.69 Å². The largest absolute Gasteiger partial charge is 0.366 e. The summed E-state index contributed by atoms with van der Waals surface area (Å²) in [6, 6.07) is 2.49. The highest BCUT2D eigenvalue weighted by atomic mass is 16.6. The molecule has 7 heteroatoms. The Morgan fingerprint density at radius 3 is 2.81 bits per heavy atom. The molecule has 0 fully saturated rings. The number of aryl methyl sites for hydroxylation is 1. The molecule has 0 aliphatic rings. The van der Waals surface area contributed by atoms with Crippen LogP contribution in [0.15, 0.2) is 18.5 Å². The van der Waals surface area contributed by atoms with E-state index in [2.05, 4.69) is 4.98 Å². The lowest BCUT2D eigenvalue weighted by atomic mass is 10.1. The molecule has 1 aromatic carbocycles. The van der Waals surface area contributed by atoms with E-state index in [-0.39, 0.29) is 11.3 Å². The number of hydrogen-bond donors (Lipinski definition) is 1. The van der Waals surface area contributed by atoms with Gasteiger partial charge in [-0.25, -0.2) is 4.98 Å². The Morgan fingerprint density at radius 2 is 2.25 bits per heavy atom. The van der Waals surface area contributed by atoms with Crippen LogP contribution >= 0.6 is 0 Å². The number of aromatic nitrogens is 2. The molecule has 0 unspecified atom stereocenters. The summed E-state index contributed by atoms with van der Waals surface area (Å²) in [5, 5.41) is 10.7. The van der Waals surface area contributed by atoms with Crippen molar-refractivity contribution in [1.29, 1.82) is 0 Å². The molecule has 0 aliphatic heterocycles. The van der Waals surface area contributed by atoms with Crippen LogP contribution in [0.25, 0.3) is 11.0 Å². The summed E-state index contributed by atoms with van der Waals surface area (Å²) in [4.78, 5) is 25.2. The first-order valence-corrected chi connectivity index (χ1v) is 4.40. The SMILES string of the molecule is Cn1cnc2c(C(N)=O)cc([N+](=O)[O-])cc21. The van der Waals surface area contributed by atoms with Gasteiger partial charge in [-0.3, -0.25) is 14.9 Å². The van der Waals surface area contributed by atoms with Crippen molar-refractivity contribution in [3.05, 3.63) is 34.1 Å². The number of nitro benzene ring substituents is 1. The number of non-ortho nitro benzene ring substituents is 1. The van der Waals surface area contributed by atoms with Crippen molar-refractivity contribution in [2.24, 2.45) is 12.8 Å². The van der Waals surface area contributed by atoms with Gasteiger partial charge in [0, 0.05) is 19.2 Å². The van der Waals surface area contributed by atoms with Gasteiger partial charge >= 0.3 is 0 Å². The molecule has 0 spiro atoms. The number of rotatable bonds is 2. The first-order valence-electron chi connectivity index (χ1n) is 4.40. The molecule has 0 bridgehead atoms. The lowest BCUT2D eigenvalue weighted by Gasteiger charge is -1.99. The molecule has 2 N–H and O–H groups in total. The van der Waals surface area contributed by atoms with Gasteiger partial charge in [0.15, 0.2) is 0 Å². The predicted octanol–water partition coefficient (Wildman–Crippen LogP) is 0.580. The highest BCUT2D eigenvalue weighted by Crippen LogP contribution is 2.23. The second-order valence-electron chi connectivity index (χ2n) is 3.34. The molecule has 1 amide bonds. The first-order chi connectivity index (χ1) is 7.50. The number of hydrogen-bond acceptors (Lipinski definition) is 4. The Morgan fingerprint density at radius 1 is 1.56 bits per heavy atom. The number of imidazole rings is 1. The lowest BCUT2D eigenvalue weighted by molar-refractivity contribution is -0.384. The maximum Gasteiger partial charge on any atom is 0.272 e. The highest BCUT2D eigenvalue weighted by Gasteiger charge is 2.17. The Labute approximate surface area is 89.6 Å². The Bertz CT molecular complexity index is 602. The Kier molecular flexibility index (Phi) is 2.08. The molecule has 0 aliphatic carbocycles. The summed E-state index contributed by atoms with van der Waals surface area (Å²) in [5.74, 6) is -0.729. The van der Waals surface area contributed by atoms with Gasteiger partial charge < -0.3 is 10.3 Å². The fourth-order valence-corrected chi connectivity index (χ4v) is 1.51. The van der Waals surface area contributed by atoms with E-state index in [0.717, 1.165) is 6.07 Å². The zero-order valence-electron chi connectivity index (χ0n) is 8.38. The van der Waals surface area contributed by atoms with E-state index in [9.17, 15) is 14.9 Å². The minimum atomic E-state index is -0.729. The van der Waals surface area contributed by atoms with E-state index in [0.29, 0.717) is 11.0 Å². The van der Waals surface area contributed by atoms with Crippen LogP contribution in [0.3, 0.4) is 0 Å². The molecule has 0 radical (unpaired) electrons. The first kappa shape index (κ1) is 10.1. The summed E-state index contributed by atoms with van der Waals surface area (Å²) in [6.07, 6.45) is 1.47. The molecular formula is C9H8N4O3. The fraction of sp³-hybridized carbons (Fsp3) is 0.111. The smallest absolute Gasteiger partial charge is 0.272 e. The molecule has 0 saturated carbocycles. The maximum absolute atomic E-state index is 11.1. The van der Waals surface area contributed by atoms with E-state index in [1.165, 1.54) is 12.4 Å².